The first-order chi connectivity index (χ1) is 9.22. The zero-order chi connectivity index (χ0) is 13.2. The van der Waals surface area contributed by atoms with Crippen LogP contribution in [0.4, 0.5) is 0 Å². The van der Waals surface area contributed by atoms with E-state index in [0.717, 1.165) is 22.9 Å². The molecule has 0 radical (unpaired) electrons. The molecule has 1 fully saturated rings. The Morgan fingerprint density at radius 1 is 1.21 bits per heavy atom. The topological polar surface area (TPSA) is 38.7 Å². The number of nitrogens with zero attached hydrogens (tertiary/aromatic N) is 1. The van der Waals surface area contributed by atoms with Crippen molar-refractivity contribution in [2.45, 2.75) is 25.7 Å². The van der Waals surface area contributed by atoms with Gasteiger partial charge in [-0.3, -0.25) is 0 Å². The lowest BCUT2D eigenvalue weighted by Crippen LogP contribution is -2.12. The fourth-order valence-electron chi connectivity index (χ4n) is 2.49. The van der Waals surface area contributed by atoms with Gasteiger partial charge in [-0.05, 0) is 36.6 Å². The van der Waals surface area contributed by atoms with Crippen molar-refractivity contribution in [1.82, 2.24) is 0 Å². The van der Waals surface area contributed by atoms with Crippen LogP contribution < -0.4 is 0 Å². The molecule has 1 aliphatic carbocycles. The molecule has 0 aromatic heterocycles. The summed E-state index contributed by atoms with van der Waals surface area (Å²) in [5, 5.41) is 0. The van der Waals surface area contributed by atoms with Gasteiger partial charge in [-0.25, -0.2) is 9.79 Å². The van der Waals surface area contributed by atoms with Crippen molar-refractivity contribution >= 4 is 33.9 Å². The standard InChI is InChI=1S/C15H14BrNO2/c16-12-7-5-10(6-8-12)9-13-15(18)19-14(17-13)11-3-1-2-4-11/h5-9,11H,1-4H2/b13-9+. The molecule has 19 heavy (non-hydrogen) atoms. The first-order valence-electron chi connectivity index (χ1n) is 6.50. The van der Waals surface area contributed by atoms with Crippen molar-refractivity contribution < 1.29 is 9.53 Å². The number of halogens is 1. The van der Waals surface area contributed by atoms with Crippen LogP contribution in [0.1, 0.15) is 31.2 Å². The summed E-state index contributed by atoms with van der Waals surface area (Å²) in [6.07, 6.45) is 6.34. The van der Waals surface area contributed by atoms with E-state index < -0.39 is 0 Å². The van der Waals surface area contributed by atoms with Gasteiger partial charge < -0.3 is 4.74 Å². The second kappa shape index (κ2) is 5.29. The van der Waals surface area contributed by atoms with Crippen molar-refractivity contribution in [2.75, 3.05) is 0 Å². The minimum absolute atomic E-state index is 0.329. The van der Waals surface area contributed by atoms with Gasteiger partial charge in [0.05, 0.1) is 0 Å². The van der Waals surface area contributed by atoms with Gasteiger partial charge in [0.1, 0.15) is 0 Å². The van der Waals surface area contributed by atoms with Crippen molar-refractivity contribution in [2.24, 2.45) is 10.9 Å². The fourth-order valence-corrected chi connectivity index (χ4v) is 2.75. The summed E-state index contributed by atoms with van der Waals surface area (Å²) in [6.45, 7) is 0. The van der Waals surface area contributed by atoms with E-state index in [2.05, 4.69) is 20.9 Å². The molecule has 1 saturated carbocycles. The van der Waals surface area contributed by atoms with Gasteiger partial charge in [-0.15, -0.1) is 0 Å². The number of esters is 1. The molecule has 1 aromatic rings. The van der Waals surface area contributed by atoms with Crippen molar-refractivity contribution in [3.8, 4) is 0 Å². The van der Waals surface area contributed by atoms with Gasteiger partial charge in [0.2, 0.25) is 5.90 Å². The van der Waals surface area contributed by atoms with Crippen LogP contribution in [0, 0.1) is 5.92 Å². The third kappa shape index (κ3) is 2.78. The number of hydrogen-bond acceptors (Lipinski definition) is 3. The minimum Gasteiger partial charge on any atom is -0.406 e. The summed E-state index contributed by atoms with van der Waals surface area (Å²) >= 11 is 3.38. The highest BCUT2D eigenvalue weighted by Crippen LogP contribution is 2.30. The van der Waals surface area contributed by atoms with E-state index >= 15 is 0 Å². The number of ether oxygens (including phenoxy) is 1. The van der Waals surface area contributed by atoms with Crippen LogP contribution in [0.25, 0.3) is 6.08 Å². The van der Waals surface area contributed by atoms with E-state index in [1.165, 1.54) is 12.8 Å². The van der Waals surface area contributed by atoms with Crippen molar-refractivity contribution in [3.05, 3.63) is 40.0 Å². The van der Waals surface area contributed by atoms with Crippen LogP contribution in [0.15, 0.2) is 39.4 Å². The Kier molecular flexibility index (Phi) is 3.51. The molecule has 4 heteroatoms. The molecule has 0 unspecified atom stereocenters. The molecule has 0 saturated heterocycles. The van der Waals surface area contributed by atoms with Gasteiger partial charge in [-0.2, -0.15) is 0 Å². The highest BCUT2D eigenvalue weighted by Gasteiger charge is 2.30. The number of benzene rings is 1. The van der Waals surface area contributed by atoms with Crippen LogP contribution >= 0.6 is 15.9 Å². The predicted molar refractivity (Wildman–Crippen MR) is 77.6 cm³/mol. The summed E-state index contributed by atoms with van der Waals surface area (Å²) in [5.41, 5.74) is 1.36. The second-order valence-electron chi connectivity index (χ2n) is 4.90. The van der Waals surface area contributed by atoms with Gasteiger partial charge in [0.15, 0.2) is 5.70 Å². The molecular formula is C15H14BrNO2. The first kappa shape index (κ1) is 12.6. The van der Waals surface area contributed by atoms with Crippen LogP contribution in [0.5, 0.6) is 0 Å². The summed E-state index contributed by atoms with van der Waals surface area (Å²) < 4.78 is 6.30. The van der Waals surface area contributed by atoms with Crippen molar-refractivity contribution in [3.63, 3.8) is 0 Å². The van der Waals surface area contributed by atoms with Crippen molar-refractivity contribution in [1.29, 1.82) is 0 Å². The van der Waals surface area contributed by atoms with Gasteiger partial charge in [-0.1, -0.05) is 40.9 Å². The maximum absolute atomic E-state index is 11.8. The van der Waals surface area contributed by atoms with E-state index in [-0.39, 0.29) is 5.97 Å². The van der Waals surface area contributed by atoms with Gasteiger partial charge >= 0.3 is 5.97 Å². The minimum atomic E-state index is -0.329. The Labute approximate surface area is 120 Å². The van der Waals surface area contributed by atoms with E-state index in [9.17, 15) is 4.79 Å². The average molecular weight is 320 g/mol. The first-order valence-corrected chi connectivity index (χ1v) is 7.30. The van der Waals surface area contributed by atoms with E-state index in [4.69, 9.17) is 4.74 Å². The molecule has 1 aliphatic heterocycles. The largest absolute Gasteiger partial charge is 0.406 e. The lowest BCUT2D eigenvalue weighted by molar-refractivity contribution is -0.130. The zero-order valence-electron chi connectivity index (χ0n) is 10.4. The molecule has 1 heterocycles. The summed E-state index contributed by atoms with van der Waals surface area (Å²) in [6, 6.07) is 7.75. The third-order valence-corrected chi connectivity index (χ3v) is 4.04. The quantitative estimate of drug-likeness (QED) is 0.612. The normalized spacial score (nSPS) is 21.8. The van der Waals surface area contributed by atoms with E-state index in [1.807, 2.05) is 24.3 Å². The second-order valence-corrected chi connectivity index (χ2v) is 5.82. The Morgan fingerprint density at radius 2 is 1.89 bits per heavy atom. The highest BCUT2D eigenvalue weighted by molar-refractivity contribution is 9.10. The van der Waals surface area contributed by atoms with Gasteiger partial charge in [0, 0.05) is 10.4 Å². The van der Waals surface area contributed by atoms with Crippen LogP contribution in [-0.2, 0) is 9.53 Å². The number of aliphatic imine (C=N–C) groups is 1. The monoisotopic (exact) mass is 319 g/mol. The molecule has 0 spiro atoms. The molecule has 0 atom stereocenters. The highest BCUT2D eigenvalue weighted by atomic mass is 79.9. The molecule has 1 aromatic carbocycles. The maximum atomic E-state index is 11.8. The van der Waals surface area contributed by atoms with E-state index in [0.29, 0.717) is 17.5 Å². The average Bonchev–Trinajstić information content (AvgIpc) is 3.03. The maximum Gasteiger partial charge on any atom is 0.363 e. The summed E-state index contributed by atoms with van der Waals surface area (Å²) in [5.74, 6) is 0.621. The molecular weight excluding hydrogens is 306 g/mol. The molecule has 2 aliphatic rings. The molecule has 3 rings (SSSR count). The zero-order valence-corrected chi connectivity index (χ0v) is 12.0. The number of hydrogen-bond donors (Lipinski definition) is 0. The molecule has 0 N–H and O–H groups in total. The van der Waals surface area contributed by atoms with Gasteiger partial charge in [0.25, 0.3) is 0 Å². The smallest absolute Gasteiger partial charge is 0.363 e. The number of carbonyl (C=O) groups is 1. The Morgan fingerprint density at radius 3 is 2.58 bits per heavy atom. The Hall–Kier alpha value is -1.42. The molecule has 3 nitrogen and oxygen atoms in total. The summed E-state index contributed by atoms with van der Waals surface area (Å²) in [7, 11) is 0. The molecule has 0 bridgehead atoms. The van der Waals surface area contributed by atoms with E-state index in [1.54, 1.807) is 6.08 Å². The fraction of sp³-hybridized carbons (Fsp3) is 0.333. The molecule has 0 amide bonds. The molecule has 98 valence electrons. The van der Waals surface area contributed by atoms with Crippen LogP contribution in [0.3, 0.4) is 0 Å². The van der Waals surface area contributed by atoms with Crippen LogP contribution in [-0.4, -0.2) is 11.9 Å². The Bertz CT molecular complexity index is 554. The third-order valence-electron chi connectivity index (χ3n) is 3.51. The number of rotatable bonds is 2. The number of carbonyl (C=O) groups excluding carboxylic acids is 1. The predicted octanol–water partition coefficient (Wildman–Crippen LogP) is 3.94. The summed E-state index contributed by atoms with van der Waals surface area (Å²) in [4.78, 5) is 16.2. The van der Waals surface area contributed by atoms with Crippen LogP contribution in [0.2, 0.25) is 0 Å². The number of cyclic esters (lactones) is 1. The SMILES string of the molecule is O=C1OC(C2CCCC2)=N/C1=C/c1ccc(Br)cc1. The lowest BCUT2D eigenvalue weighted by atomic mass is 10.1. The lowest BCUT2D eigenvalue weighted by Gasteiger charge is -2.05. The Balaban J connectivity index is 1.83.